The molecule has 0 fully saturated rings. The van der Waals surface area contributed by atoms with E-state index in [0.717, 1.165) is 31.0 Å². The molecule has 5 heteroatoms. The summed E-state index contributed by atoms with van der Waals surface area (Å²) >= 11 is 4.89. The van der Waals surface area contributed by atoms with Crippen LogP contribution < -0.4 is 5.73 Å². The molecule has 0 aliphatic heterocycles. The topological polar surface area (TPSA) is 43.1 Å². The first-order chi connectivity index (χ1) is 10.0. The fourth-order valence-electron chi connectivity index (χ4n) is 2.28. The van der Waals surface area contributed by atoms with Crippen molar-refractivity contribution in [3.05, 3.63) is 70.8 Å². The van der Waals surface area contributed by atoms with Crippen LogP contribution in [0.4, 0.5) is 8.78 Å². The van der Waals surface area contributed by atoms with Gasteiger partial charge in [-0.1, -0.05) is 30.3 Å². The number of benzene rings is 2. The van der Waals surface area contributed by atoms with Gasteiger partial charge in [-0.3, -0.25) is 4.79 Å². The highest BCUT2D eigenvalue weighted by molar-refractivity contribution is 6.67. The van der Waals surface area contributed by atoms with E-state index in [1.807, 2.05) is 0 Å². The highest BCUT2D eigenvalue weighted by Gasteiger charge is 2.17. The Labute approximate surface area is 126 Å². The standard InChI is InChI=1S/C9H11N.C7H3ClF2O/c10-9-6-5-7-3-1-2-4-8(7)9;8-7(11)6-4(9)2-1-3-5(6)10/h1-4,9H,5-6,10H2;1-3H. The van der Waals surface area contributed by atoms with Crippen molar-refractivity contribution in [3.63, 3.8) is 0 Å². The van der Waals surface area contributed by atoms with E-state index >= 15 is 0 Å². The van der Waals surface area contributed by atoms with E-state index in [1.165, 1.54) is 11.1 Å². The molecule has 0 heterocycles. The van der Waals surface area contributed by atoms with Crippen LogP contribution in [0.15, 0.2) is 42.5 Å². The van der Waals surface area contributed by atoms with Gasteiger partial charge in [0, 0.05) is 6.04 Å². The first-order valence-electron chi connectivity index (χ1n) is 6.48. The van der Waals surface area contributed by atoms with Crippen molar-refractivity contribution in [1.82, 2.24) is 0 Å². The van der Waals surface area contributed by atoms with Gasteiger partial charge >= 0.3 is 0 Å². The minimum atomic E-state index is -1.12. The van der Waals surface area contributed by atoms with Crippen molar-refractivity contribution in [1.29, 1.82) is 0 Å². The quantitative estimate of drug-likeness (QED) is 0.810. The molecule has 2 N–H and O–H groups in total. The van der Waals surface area contributed by atoms with Gasteiger partial charge in [-0.05, 0) is 47.7 Å². The SMILES string of the molecule is NC1CCc2ccccc21.O=C(Cl)c1c(F)cccc1F. The third kappa shape index (κ3) is 3.65. The van der Waals surface area contributed by atoms with Crippen LogP contribution in [-0.4, -0.2) is 5.24 Å². The van der Waals surface area contributed by atoms with Gasteiger partial charge in [-0.25, -0.2) is 8.78 Å². The lowest BCUT2D eigenvalue weighted by atomic mass is 10.1. The van der Waals surface area contributed by atoms with Gasteiger partial charge in [0.05, 0.1) is 0 Å². The van der Waals surface area contributed by atoms with Crippen molar-refractivity contribution >= 4 is 16.8 Å². The molecule has 0 spiro atoms. The molecular weight excluding hydrogens is 296 g/mol. The van der Waals surface area contributed by atoms with Gasteiger partial charge in [0.15, 0.2) is 0 Å². The number of halogens is 3. The van der Waals surface area contributed by atoms with E-state index in [-0.39, 0.29) is 0 Å². The average molecular weight is 310 g/mol. The predicted octanol–water partition coefficient (Wildman–Crippen LogP) is 3.98. The summed E-state index contributed by atoms with van der Waals surface area (Å²) < 4.78 is 25.1. The van der Waals surface area contributed by atoms with Crippen LogP contribution in [0.25, 0.3) is 0 Å². The molecule has 0 radical (unpaired) electrons. The number of nitrogens with two attached hydrogens (primary N) is 1. The van der Waals surface area contributed by atoms with E-state index in [9.17, 15) is 13.6 Å². The number of hydrogen-bond donors (Lipinski definition) is 1. The minimum absolute atomic E-state index is 0.302. The summed E-state index contributed by atoms with van der Waals surface area (Å²) in [6.07, 6.45) is 2.29. The Kier molecular flexibility index (Phi) is 5.04. The Morgan fingerprint density at radius 2 is 1.71 bits per heavy atom. The van der Waals surface area contributed by atoms with Crippen LogP contribution in [0.5, 0.6) is 0 Å². The van der Waals surface area contributed by atoms with Gasteiger partial charge in [-0.15, -0.1) is 0 Å². The lowest BCUT2D eigenvalue weighted by molar-refractivity contribution is 0.107. The molecule has 1 unspecified atom stereocenters. The van der Waals surface area contributed by atoms with Crippen LogP contribution in [0.1, 0.15) is 33.9 Å². The van der Waals surface area contributed by atoms with E-state index in [1.54, 1.807) is 0 Å². The van der Waals surface area contributed by atoms with Gasteiger partial charge < -0.3 is 5.73 Å². The lowest BCUT2D eigenvalue weighted by Crippen LogP contribution is -2.04. The Bertz CT molecular complexity index is 640. The fraction of sp³-hybridized carbons (Fsp3) is 0.188. The monoisotopic (exact) mass is 309 g/mol. The second kappa shape index (κ2) is 6.78. The molecule has 0 saturated carbocycles. The molecule has 1 aliphatic carbocycles. The van der Waals surface area contributed by atoms with Gasteiger partial charge in [0.2, 0.25) is 0 Å². The summed E-state index contributed by atoms with van der Waals surface area (Å²) in [5.41, 5.74) is 7.94. The molecule has 0 bridgehead atoms. The molecular formula is C16H14ClF2NO. The average Bonchev–Trinajstić information content (AvgIpc) is 2.81. The second-order valence-electron chi connectivity index (χ2n) is 4.71. The van der Waals surface area contributed by atoms with Crippen molar-refractivity contribution in [2.45, 2.75) is 18.9 Å². The van der Waals surface area contributed by atoms with Crippen LogP contribution in [0.3, 0.4) is 0 Å². The number of carbonyl (C=O) groups is 1. The molecule has 2 aromatic carbocycles. The number of rotatable bonds is 1. The zero-order valence-corrected chi connectivity index (χ0v) is 11.9. The highest BCUT2D eigenvalue weighted by atomic mass is 35.5. The largest absolute Gasteiger partial charge is 0.324 e. The molecule has 3 rings (SSSR count). The van der Waals surface area contributed by atoms with Crippen molar-refractivity contribution in [3.8, 4) is 0 Å². The molecule has 0 aromatic heterocycles. The van der Waals surface area contributed by atoms with Crippen LogP contribution >= 0.6 is 11.6 Å². The first kappa shape index (κ1) is 15.6. The maximum absolute atomic E-state index is 12.6. The summed E-state index contributed by atoms with van der Waals surface area (Å²) in [4.78, 5) is 10.4. The molecule has 1 atom stereocenters. The zero-order chi connectivity index (χ0) is 15.4. The summed E-state index contributed by atoms with van der Waals surface area (Å²) in [7, 11) is 0. The summed E-state index contributed by atoms with van der Waals surface area (Å²) in [5.74, 6) is -1.88. The van der Waals surface area contributed by atoms with Crippen LogP contribution in [0.2, 0.25) is 0 Å². The molecule has 2 aromatic rings. The predicted molar refractivity (Wildman–Crippen MR) is 78.2 cm³/mol. The maximum Gasteiger partial charge on any atom is 0.258 e. The Hall–Kier alpha value is -1.78. The van der Waals surface area contributed by atoms with Gasteiger partial charge in [-0.2, -0.15) is 0 Å². The zero-order valence-electron chi connectivity index (χ0n) is 11.2. The van der Waals surface area contributed by atoms with E-state index < -0.39 is 22.4 Å². The third-order valence-corrected chi connectivity index (χ3v) is 3.53. The second-order valence-corrected chi connectivity index (χ2v) is 5.06. The van der Waals surface area contributed by atoms with E-state index in [4.69, 9.17) is 17.3 Å². The van der Waals surface area contributed by atoms with Crippen LogP contribution in [-0.2, 0) is 6.42 Å². The summed E-state index contributed by atoms with van der Waals surface area (Å²) in [6.45, 7) is 0. The normalized spacial score (nSPS) is 15.9. The Morgan fingerprint density at radius 3 is 2.24 bits per heavy atom. The van der Waals surface area contributed by atoms with Gasteiger partial charge in [0.25, 0.3) is 5.24 Å². The Morgan fingerprint density at radius 1 is 1.10 bits per heavy atom. The summed E-state index contributed by atoms with van der Waals surface area (Å²) in [6, 6.07) is 11.8. The molecule has 21 heavy (non-hydrogen) atoms. The molecule has 1 aliphatic rings. The van der Waals surface area contributed by atoms with E-state index in [0.29, 0.717) is 6.04 Å². The summed E-state index contributed by atoms with van der Waals surface area (Å²) in [5, 5.41) is -1.12. The van der Waals surface area contributed by atoms with Crippen molar-refractivity contribution in [2.24, 2.45) is 5.73 Å². The van der Waals surface area contributed by atoms with Crippen molar-refractivity contribution < 1.29 is 13.6 Å². The van der Waals surface area contributed by atoms with E-state index in [2.05, 4.69) is 24.3 Å². The fourth-order valence-corrected chi connectivity index (χ4v) is 2.46. The minimum Gasteiger partial charge on any atom is -0.324 e. The lowest BCUT2D eigenvalue weighted by Gasteiger charge is -2.01. The maximum atomic E-state index is 12.6. The number of fused-ring (bicyclic) bond motifs is 1. The number of carbonyl (C=O) groups excluding carboxylic acids is 1. The van der Waals surface area contributed by atoms with Crippen molar-refractivity contribution in [2.75, 3.05) is 0 Å². The molecule has 0 amide bonds. The number of aryl methyl sites for hydroxylation is 1. The third-order valence-electron chi connectivity index (χ3n) is 3.34. The smallest absolute Gasteiger partial charge is 0.258 e. The molecule has 0 saturated heterocycles. The highest BCUT2D eigenvalue weighted by Crippen LogP contribution is 2.28. The molecule has 2 nitrogen and oxygen atoms in total. The first-order valence-corrected chi connectivity index (χ1v) is 6.85. The molecule has 110 valence electrons. The van der Waals surface area contributed by atoms with Gasteiger partial charge in [0.1, 0.15) is 17.2 Å². The van der Waals surface area contributed by atoms with Crippen LogP contribution in [0, 0.1) is 11.6 Å². The number of hydrogen-bond acceptors (Lipinski definition) is 2. The Balaban J connectivity index is 0.000000154.